The van der Waals surface area contributed by atoms with Crippen LogP contribution in [0.1, 0.15) is 29.3 Å². The maximum atomic E-state index is 12.7. The van der Waals surface area contributed by atoms with E-state index in [2.05, 4.69) is 43.1 Å². The minimum Gasteiger partial charge on any atom is -0.338 e. The van der Waals surface area contributed by atoms with Gasteiger partial charge in [-0.25, -0.2) is 0 Å². The molecule has 1 aromatic heterocycles. The average molecular weight is 382 g/mol. The summed E-state index contributed by atoms with van der Waals surface area (Å²) in [4.78, 5) is 18.9. The molecule has 0 aliphatic carbocycles. The van der Waals surface area contributed by atoms with Gasteiger partial charge in [0.2, 0.25) is 0 Å². The van der Waals surface area contributed by atoms with Crippen molar-refractivity contribution in [3.05, 3.63) is 53.9 Å². The van der Waals surface area contributed by atoms with Crippen LogP contribution in [-0.4, -0.2) is 35.4 Å². The fourth-order valence-corrected chi connectivity index (χ4v) is 3.01. The average Bonchev–Trinajstić information content (AvgIpc) is 2.98. The Morgan fingerprint density at radius 1 is 1.20 bits per heavy atom. The number of hydrogen-bond donors (Lipinski definition) is 1. The molecule has 0 spiro atoms. The molecule has 0 bridgehead atoms. The van der Waals surface area contributed by atoms with Crippen molar-refractivity contribution < 1.29 is 4.79 Å². The predicted molar refractivity (Wildman–Crippen MR) is 107 cm³/mol. The Morgan fingerprint density at radius 2 is 1.88 bits per heavy atom. The zero-order chi connectivity index (χ0) is 16.4. The lowest BCUT2D eigenvalue weighted by molar-refractivity contribution is 0.0776. The van der Waals surface area contributed by atoms with E-state index in [1.54, 1.807) is 12.4 Å². The molecule has 1 unspecified atom stereocenters. The molecule has 2 N–H and O–H groups in total. The Balaban J connectivity index is 0.00000156. The fraction of sp³-hybridized carbons (Fsp3) is 0.368. The molecule has 136 valence electrons. The summed E-state index contributed by atoms with van der Waals surface area (Å²) < 4.78 is 0. The lowest BCUT2D eigenvalue weighted by Crippen LogP contribution is -2.34. The van der Waals surface area contributed by atoms with Crippen molar-refractivity contribution in [2.45, 2.75) is 20.3 Å². The number of amides is 1. The van der Waals surface area contributed by atoms with E-state index in [1.165, 1.54) is 5.56 Å². The number of rotatable bonds is 3. The second-order valence-electron chi connectivity index (χ2n) is 6.82. The molecule has 25 heavy (non-hydrogen) atoms. The monoisotopic (exact) mass is 381 g/mol. The van der Waals surface area contributed by atoms with E-state index in [1.807, 2.05) is 11.0 Å². The Kier molecular flexibility index (Phi) is 7.42. The van der Waals surface area contributed by atoms with Gasteiger partial charge in [-0.2, -0.15) is 0 Å². The largest absolute Gasteiger partial charge is 0.338 e. The Hall–Kier alpha value is -1.62. The van der Waals surface area contributed by atoms with E-state index in [9.17, 15) is 4.79 Å². The first-order chi connectivity index (χ1) is 11.0. The maximum absolute atomic E-state index is 12.7. The number of aryl methyl sites for hydroxylation is 1. The molecule has 2 heterocycles. The number of pyridine rings is 1. The van der Waals surface area contributed by atoms with Crippen LogP contribution in [0.5, 0.6) is 0 Å². The van der Waals surface area contributed by atoms with Gasteiger partial charge in [-0.05, 0) is 36.9 Å². The smallest absolute Gasteiger partial charge is 0.255 e. The van der Waals surface area contributed by atoms with E-state index >= 15 is 0 Å². The number of carbonyl (C=O) groups excluding carboxylic acids is 1. The molecule has 6 heteroatoms. The summed E-state index contributed by atoms with van der Waals surface area (Å²) in [6, 6.07) is 10.2. The lowest BCUT2D eigenvalue weighted by Gasteiger charge is -2.22. The summed E-state index contributed by atoms with van der Waals surface area (Å²) >= 11 is 0. The van der Waals surface area contributed by atoms with Crippen LogP contribution in [0.4, 0.5) is 0 Å². The van der Waals surface area contributed by atoms with Crippen LogP contribution in [0, 0.1) is 12.3 Å². The van der Waals surface area contributed by atoms with Gasteiger partial charge in [0.25, 0.3) is 5.91 Å². The van der Waals surface area contributed by atoms with Crippen LogP contribution in [-0.2, 0) is 0 Å². The molecule has 1 amide bonds. The molecular weight excluding hydrogens is 357 g/mol. The minimum absolute atomic E-state index is 0. The van der Waals surface area contributed by atoms with Crippen LogP contribution < -0.4 is 5.73 Å². The Bertz CT molecular complexity index is 721. The molecule has 3 rings (SSSR count). The number of hydrogen-bond acceptors (Lipinski definition) is 3. The van der Waals surface area contributed by atoms with Crippen molar-refractivity contribution in [1.82, 2.24) is 9.88 Å². The zero-order valence-electron chi connectivity index (χ0n) is 14.6. The summed E-state index contributed by atoms with van der Waals surface area (Å²) in [5, 5.41) is 0. The molecule has 1 fully saturated rings. The first kappa shape index (κ1) is 21.4. The third-order valence-corrected chi connectivity index (χ3v) is 4.71. The van der Waals surface area contributed by atoms with Crippen molar-refractivity contribution in [2.75, 3.05) is 19.6 Å². The normalized spacial score (nSPS) is 19.1. The van der Waals surface area contributed by atoms with Crippen LogP contribution >= 0.6 is 24.8 Å². The molecular formula is C19H25Cl2N3O. The lowest BCUT2D eigenvalue weighted by atomic mass is 9.90. The van der Waals surface area contributed by atoms with Gasteiger partial charge in [-0.3, -0.25) is 9.78 Å². The third-order valence-electron chi connectivity index (χ3n) is 4.71. The number of aromatic nitrogens is 1. The van der Waals surface area contributed by atoms with E-state index in [4.69, 9.17) is 5.73 Å². The molecule has 4 nitrogen and oxygen atoms in total. The predicted octanol–water partition coefficient (Wildman–Crippen LogP) is 3.71. The van der Waals surface area contributed by atoms with Gasteiger partial charge in [0, 0.05) is 31.0 Å². The summed E-state index contributed by atoms with van der Waals surface area (Å²) in [7, 11) is 0. The number of carbonyl (C=O) groups is 1. The van der Waals surface area contributed by atoms with E-state index in [-0.39, 0.29) is 36.1 Å². The topological polar surface area (TPSA) is 59.2 Å². The number of benzene rings is 1. The van der Waals surface area contributed by atoms with Crippen molar-refractivity contribution in [3.63, 3.8) is 0 Å². The van der Waals surface area contributed by atoms with Crippen molar-refractivity contribution in [1.29, 1.82) is 0 Å². The molecule has 0 radical (unpaired) electrons. The molecule has 2 aromatic rings. The van der Waals surface area contributed by atoms with Gasteiger partial charge >= 0.3 is 0 Å². The Labute approximate surface area is 161 Å². The first-order valence-corrected chi connectivity index (χ1v) is 8.02. The van der Waals surface area contributed by atoms with Crippen LogP contribution in [0.15, 0.2) is 42.7 Å². The molecule has 1 aromatic carbocycles. The van der Waals surface area contributed by atoms with Gasteiger partial charge in [0.1, 0.15) is 0 Å². The molecule has 1 atom stereocenters. The number of nitrogens with zero attached hydrogens (tertiary/aromatic N) is 2. The van der Waals surface area contributed by atoms with E-state index in [0.29, 0.717) is 12.1 Å². The summed E-state index contributed by atoms with van der Waals surface area (Å²) in [6.45, 7) is 6.29. The van der Waals surface area contributed by atoms with Gasteiger partial charge in [0.15, 0.2) is 0 Å². The first-order valence-electron chi connectivity index (χ1n) is 8.02. The van der Waals surface area contributed by atoms with Crippen molar-refractivity contribution >= 4 is 30.7 Å². The zero-order valence-corrected chi connectivity index (χ0v) is 16.2. The van der Waals surface area contributed by atoms with Crippen molar-refractivity contribution in [2.24, 2.45) is 11.1 Å². The van der Waals surface area contributed by atoms with Crippen molar-refractivity contribution in [3.8, 4) is 11.1 Å². The molecule has 0 saturated carbocycles. The second kappa shape index (κ2) is 8.65. The second-order valence-corrected chi connectivity index (χ2v) is 6.82. The number of likely N-dealkylation sites (tertiary alicyclic amines) is 1. The van der Waals surface area contributed by atoms with Crippen LogP contribution in [0.3, 0.4) is 0 Å². The van der Waals surface area contributed by atoms with E-state index in [0.717, 1.165) is 30.6 Å². The highest BCUT2D eigenvalue weighted by Crippen LogP contribution is 2.30. The van der Waals surface area contributed by atoms with Gasteiger partial charge in [0.05, 0.1) is 5.56 Å². The highest BCUT2D eigenvalue weighted by Gasteiger charge is 2.35. The van der Waals surface area contributed by atoms with Crippen LogP contribution in [0.25, 0.3) is 11.1 Å². The third kappa shape index (κ3) is 4.72. The standard InChI is InChI=1S/C19H23N3O.2ClH/c1-14-3-5-15(6-4-14)16-9-17(11-21-10-16)18(23)22-8-7-19(2,12-20)13-22;;/h3-6,9-11H,7-8,12-13,20H2,1-2H3;2*1H. The van der Waals surface area contributed by atoms with Crippen LogP contribution in [0.2, 0.25) is 0 Å². The summed E-state index contributed by atoms with van der Waals surface area (Å²) in [5.74, 6) is 0.0450. The van der Waals surface area contributed by atoms with Gasteiger partial charge in [-0.15, -0.1) is 24.8 Å². The fourth-order valence-electron chi connectivity index (χ4n) is 3.01. The Morgan fingerprint density at radius 3 is 2.48 bits per heavy atom. The highest BCUT2D eigenvalue weighted by molar-refractivity contribution is 5.95. The quantitative estimate of drug-likeness (QED) is 0.881. The molecule has 1 saturated heterocycles. The van der Waals surface area contributed by atoms with Gasteiger partial charge < -0.3 is 10.6 Å². The summed E-state index contributed by atoms with van der Waals surface area (Å²) in [5.41, 5.74) is 9.77. The maximum Gasteiger partial charge on any atom is 0.255 e. The van der Waals surface area contributed by atoms with E-state index < -0.39 is 0 Å². The number of nitrogens with two attached hydrogens (primary N) is 1. The molecule has 1 aliphatic rings. The SMILES string of the molecule is Cc1ccc(-c2cncc(C(=O)N3CCC(C)(CN)C3)c2)cc1.Cl.Cl. The van der Waals surface area contributed by atoms with Gasteiger partial charge in [-0.1, -0.05) is 36.8 Å². The highest BCUT2D eigenvalue weighted by atomic mass is 35.5. The number of halogens is 2. The summed E-state index contributed by atoms with van der Waals surface area (Å²) in [6.07, 6.45) is 4.41. The molecule has 1 aliphatic heterocycles. The minimum atomic E-state index is 0.